The number of pyridine rings is 1. The molecule has 0 spiro atoms. The van der Waals surface area contributed by atoms with Gasteiger partial charge >= 0.3 is 0 Å². The van der Waals surface area contributed by atoms with Gasteiger partial charge in [0.05, 0.1) is 6.04 Å². The molecule has 2 aliphatic rings. The molecule has 0 saturated carbocycles. The van der Waals surface area contributed by atoms with E-state index in [-0.39, 0.29) is 24.0 Å². The van der Waals surface area contributed by atoms with Gasteiger partial charge in [0.2, 0.25) is 5.91 Å². The van der Waals surface area contributed by atoms with Crippen LogP contribution in [0.5, 0.6) is 0 Å². The average Bonchev–Trinajstić information content (AvgIpc) is 2.58. The third-order valence-corrected chi connectivity index (χ3v) is 4.14. The molecule has 7 nitrogen and oxygen atoms in total. The summed E-state index contributed by atoms with van der Waals surface area (Å²) in [6, 6.07) is 3.70. The number of rotatable bonds is 3. The van der Waals surface area contributed by atoms with E-state index in [1.165, 1.54) is 5.01 Å². The fourth-order valence-electron chi connectivity index (χ4n) is 2.90. The first-order chi connectivity index (χ1) is 11.1. The molecular weight excluding hydrogens is 296 g/mol. The standard InChI is InChI=1S/C16H20N4O3/c1-20-14(21)5-4-13(19-20)16(22)18-12-3-2-10-23-15(12)11-6-8-17-9-7-11/h6-9,12,15H,2-5,10H2,1H3,(H,18,22)/t12-,15+/m0/s1. The van der Waals surface area contributed by atoms with E-state index in [4.69, 9.17) is 4.74 Å². The van der Waals surface area contributed by atoms with Gasteiger partial charge in [0.15, 0.2) is 0 Å². The van der Waals surface area contributed by atoms with Gasteiger partial charge in [0, 0.05) is 38.9 Å². The van der Waals surface area contributed by atoms with Gasteiger partial charge in [-0.3, -0.25) is 14.6 Å². The van der Waals surface area contributed by atoms with E-state index in [2.05, 4.69) is 15.4 Å². The van der Waals surface area contributed by atoms with Crippen LogP contribution in [0.4, 0.5) is 0 Å². The second kappa shape index (κ2) is 6.87. The van der Waals surface area contributed by atoms with E-state index in [1.807, 2.05) is 12.1 Å². The largest absolute Gasteiger partial charge is 0.371 e. The van der Waals surface area contributed by atoms with E-state index in [1.54, 1.807) is 19.4 Å². The summed E-state index contributed by atoms with van der Waals surface area (Å²) in [6.07, 6.45) is 5.70. The molecule has 0 unspecified atom stereocenters. The van der Waals surface area contributed by atoms with Gasteiger partial charge in [-0.05, 0) is 30.5 Å². The molecule has 3 heterocycles. The second-order valence-electron chi connectivity index (χ2n) is 5.76. The Kier molecular flexibility index (Phi) is 4.66. The Balaban J connectivity index is 1.71. The third-order valence-electron chi connectivity index (χ3n) is 4.14. The molecule has 1 N–H and O–H groups in total. The molecular formula is C16H20N4O3. The summed E-state index contributed by atoms with van der Waals surface area (Å²) in [7, 11) is 1.57. The molecule has 0 radical (unpaired) electrons. The predicted octanol–water partition coefficient (Wildman–Crippen LogP) is 1.03. The van der Waals surface area contributed by atoms with Gasteiger partial charge in [-0.25, -0.2) is 5.01 Å². The minimum absolute atomic E-state index is 0.0720. The summed E-state index contributed by atoms with van der Waals surface area (Å²) >= 11 is 0. The van der Waals surface area contributed by atoms with Crippen molar-refractivity contribution in [3.63, 3.8) is 0 Å². The maximum Gasteiger partial charge on any atom is 0.267 e. The van der Waals surface area contributed by atoms with Crippen molar-refractivity contribution in [3.8, 4) is 0 Å². The number of hydrogen-bond acceptors (Lipinski definition) is 5. The van der Waals surface area contributed by atoms with Gasteiger partial charge < -0.3 is 10.1 Å². The molecule has 1 aromatic rings. The van der Waals surface area contributed by atoms with Crippen molar-refractivity contribution >= 4 is 17.5 Å². The summed E-state index contributed by atoms with van der Waals surface area (Å²) in [5.41, 5.74) is 1.40. The lowest BCUT2D eigenvalue weighted by Crippen LogP contribution is -2.46. The minimum atomic E-state index is -0.223. The maximum atomic E-state index is 12.4. The molecule has 1 aromatic heterocycles. The lowest BCUT2D eigenvalue weighted by molar-refractivity contribution is -0.130. The van der Waals surface area contributed by atoms with Crippen molar-refractivity contribution in [1.29, 1.82) is 0 Å². The SMILES string of the molecule is CN1N=C(C(=O)N[C@H]2CCCO[C@@H]2c2ccncc2)CCC1=O. The van der Waals surface area contributed by atoms with Crippen LogP contribution >= 0.6 is 0 Å². The van der Waals surface area contributed by atoms with Crippen LogP contribution in [0.1, 0.15) is 37.4 Å². The zero-order valence-electron chi connectivity index (χ0n) is 13.1. The number of amides is 2. The Morgan fingerprint density at radius 2 is 2.13 bits per heavy atom. The number of aromatic nitrogens is 1. The van der Waals surface area contributed by atoms with Crippen LogP contribution in [0.3, 0.4) is 0 Å². The first-order valence-corrected chi connectivity index (χ1v) is 7.81. The number of nitrogens with zero attached hydrogens (tertiary/aromatic N) is 3. The van der Waals surface area contributed by atoms with E-state index >= 15 is 0 Å². The van der Waals surface area contributed by atoms with Crippen molar-refractivity contribution in [2.75, 3.05) is 13.7 Å². The molecule has 0 aliphatic carbocycles. The lowest BCUT2D eigenvalue weighted by Gasteiger charge is -2.33. The van der Waals surface area contributed by atoms with Crippen molar-refractivity contribution in [1.82, 2.24) is 15.3 Å². The van der Waals surface area contributed by atoms with Gasteiger partial charge in [-0.15, -0.1) is 0 Å². The molecule has 3 rings (SSSR count). The lowest BCUT2D eigenvalue weighted by atomic mass is 9.96. The minimum Gasteiger partial charge on any atom is -0.371 e. The predicted molar refractivity (Wildman–Crippen MR) is 83.5 cm³/mol. The number of ether oxygens (including phenoxy) is 1. The number of nitrogens with one attached hydrogen (secondary N) is 1. The van der Waals surface area contributed by atoms with Gasteiger partial charge in [-0.1, -0.05) is 0 Å². The van der Waals surface area contributed by atoms with Gasteiger partial charge in [-0.2, -0.15) is 5.10 Å². The summed E-state index contributed by atoms with van der Waals surface area (Å²) in [5.74, 6) is -0.295. The normalized spacial score (nSPS) is 25.0. The van der Waals surface area contributed by atoms with Crippen LogP contribution in [0, 0.1) is 0 Å². The highest BCUT2D eigenvalue weighted by Gasteiger charge is 2.31. The zero-order chi connectivity index (χ0) is 16.2. The van der Waals surface area contributed by atoms with E-state index in [0.717, 1.165) is 18.4 Å². The molecule has 2 aliphatic heterocycles. The maximum absolute atomic E-state index is 12.4. The van der Waals surface area contributed by atoms with Crippen molar-refractivity contribution in [2.45, 2.75) is 37.8 Å². The van der Waals surface area contributed by atoms with Crippen molar-refractivity contribution < 1.29 is 14.3 Å². The summed E-state index contributed by atoms with van der Waals surface area (Å²) < 4.78 is 5.86. The van der Waals surface area contributed by atoms with Crippen LogP contribution in [-0.2, 0) is 14.3 Å². The molecule has 0 aromatic carbocycles. The number of carbonyl (C=O) groups excluding carboxylic acids is 2. The van der Waals surface area contributed by atoms with Crippen LogP contribution in [0.2, 0.25) is 0 Å². The fraction of sp³-hybridized carbons (Fsp3) is 0.500. The van der Waals surface area contributed by atoms with Crippen LogP contribution < -0.4 is 5.32 Å². The van der Waals surface area contributed by atoms with E-state index in [0.29, 0.717) is 25.2 Å². The Morgan fingerprint density at radius 3 is 2.87 bits per heavy atom. The number of carbonyl (C=O) groups is 2. The fourth-order valence-corrected chi connectivity index (χ4v) is 2.90. The van der Waals surface area contributed by atoms with Gasteiger partial charge in [0.25, 0.3) is 5.91 Å². The third kappa shape index (κ3) is 3.56. The molecule has 2 amide bonds. The second-order valence-corrected chi connectivity index (χ2v) is 5.76. The molecule has 2 atom stereocenters. The van der Waals surface area contributed by atoms with Crippen LogP contribution in [0.25, 0.3) is 0 Å². The molecule has 7 heteroatoms. The zero-order valence-corrected chi connectivity index (χ0v) is 13.1. The highest BCUT2D eigenvalue weighted by atomic mass is 16.5. The Bertz CT molecular complexity index is 617. The quantitative estimate of drug-likeness (QED) is 0.902. The highest BCUT2D eigenvalue weighted by Crippen LogP contribution is 2.28. The van der Waals surface area contributed by atoms with Crippen LogP contribution in [0.15, 0.2) is 29.6 Å². The van der Waals surface area contributed by atoms with Gasteiger partial charge in [0.1, 0.15) is 11.8 Å². The molecule has 122 valence electrons. The van der Waals surface area contributed by atoms with E-state index < -0.39 is 0 Å². The Labute approximate surface area is 134 Å². The Morgan fingerprint density at radius 1 is 1.35 bits per heavy atom. The Hall–Kier alpha value is -2.28. The van der Waals surface area contributed by atoms with E-state index in [9.17, 15) is 9.59 Å². The summed E-state index contributed by atoms with van der Waals surface area (Å²) in [4.78, 5) is 27.9. The highest BCUT2D eigenvalue weighted by molar-refractivity contribution is 6.39. The first kappa shape index (κ1) is 15.6. The average molecular weight is 316 g/mol. The first-order valence-electron chi connectivity index (χ1n) is 7.81. The topological polar surface area (TPSA) is 83.9 Å². The monoisotopic (exact) mass is 316 g/mol. The molecule has 1 saturated heterocycles. The molecule has 1 fully saturated rings. The number of hydrogen-bond donors (Lipinski definition) is 1. The van der Waals surface area contributed by atoms with Crippen LogP contribution in [-0.4, -0.2) is 47.2 Å². The molecule has 0 bridgehead atoms. The van der Waals surface area contributed by atoms with Crippen molar-refractivity contribution in [2.24, 2.45) is 5.10 Å². The molecule has 23 heavy (non-hydrogen) atoms. The smallest absolute Gasteiger partial charge is 0.267 e. The summed E-state index contributed by atoms with van der Waals surface area (Å²) in [5, 5.41) is 8.32. The number of hydrazone groups is 1. The summed E-state index contributed by atoms with van der Waals surface area (Å²) in [6.45, 7) is 0.678. The van der Waals surface area contributed by atoms with Crippen molar-refractivity contribution in [3.05, 3.63) is 30.1 Å².